The third-order valence-corrected chi connectivity index (χ3v) is 7.42. The van der Waals surface area contributed by atoms with Gasteiger partial charge in [0, 0.05) is 42.7 Å². The minimum atomic E-state index is -1.07. The van der Waals surface area contributed by atoms with Crippen LogP contribution in [0.1, 0.15) is 60.1 Å². The van der Waals surface area contributed by atoms with E-state index in [1.54, 1.807) is 0 Å². The van der Waals surface area contributed by atoms with Crippen LogP contribution in [-0.4, -0.2) is 32.0 Å². The maximum absolute atomic E-state index is 13.6. The number of ketones is 2. The standard InChI is InChI=1S/C31H28O6/c32-23-12-11-20(13-24(23)33)29(30-25(34)14-21(15-26(30)35)18-7-3-1-4-8-18)31-27(36)16-22(17-28(31)37)19-9-5-2-6-10-19/h1-13,21-22,29,32-34,36H,14-17H2/t21-,22-/m1/s1. The molecule has 5 rings (SSSR count). The first-order chi connectivity index (χ1) is 17.8. The maximum Gasteiger partial charge on any atom is 0.163 e. The number of aromatic hydroxyl groups is 2. The molecule has 0 aliphatic heterocycles. The molecule has 37 heavy (non-hydrogen) atoms. The highest BCUT2D eigenvalue weighted by molar-refractivity contribution is 6.05. The fourth-order valence-electron chi connectivity index (χ4n) is 5.60. The predicted molar refractivity (Wildman–Crippen MR) is 139 cm³/mol. The average molecular weight is 497 g/mol. The summed E-state index contributed by atoms with van der Waals surface area (Å²) in [5.74, 6) is -3.18. The predicted octanol–water partition coefficient (Wildman–Crippen LogP) is 6.10. The molecule has 4 N–H and O–H groups in total. The molecule has 0 radical (unpaired) electrons. The Bertz CT molecular complexity index is 1320. The fourth-order valence-corrected chi connectivity index (χ4v) is 5.60. The average Bonchev–Trinajstić information content (AvgIpc) is 2.89. The highest BCUT2D eigenvalue weighted by Crippen LogP contribution is 2.47. The number of Topliss-reactive ketones (excluding diaryl/α,β-unsaturated/α-hetero) is 2. The zero-order chi connectivity index (χ0) is 26.1. The monoisotopic (exact) mass is 496 g/mol. The molecule has 0 fully saturated rings. The molecule has 0 amide bonds. The summed E-state index contributed by atoms with van der Waals surface area (Å²) < 4.78 is 0. The van der Waals surface area contributed by atoms with Gasteiger partial charge < -0.3 is 20.4 Å². The van der Waals surface area contributed by atoms with Gasteiger partial charge in [-0.15, -0.1) is 0 Å². The fraction of sp³-hybridized carbons (Fsp3) is 0.226. The third-order valence-electron chi connectivity index (χ3n) is 7.42. The number of benzene rings is 3. The van der Waals surface area contributed by atoms with E-state index in [4.69, 9.17) is 0 Å². The van der Waals surface area contributed by atoms with E-state index in [0.29, 0.717) is 5.56 Å². The van der Waals surface area contributed by atoms with Crippen LogP contribution in [0.25, 0.3) is 0 Å². The van der Waals surface area contributed by atoms with E-state index in [1.807, 2.05) is 60.7 Å². The lowest BCUT2D eigenvalue weighted by Crippen LogP contribution is -2.29. The van der Waals surface area contributed by atoms with Gasteiger partial charge in [0.05, 0.1) is 0 Å². The quantitative estimate of drug-likeness (QED) is 0.317. The van der Waals surface area contributed by atoms with E-state index >= 15 is 0 Å². The Morgan fingerprint density at radius 2 is 1.03 bits per heavy atom. The van der Waals surface area contributed by atoms with Crippen molar-refractivity contribution in [2.75, 3.05) is 0 Å². The van der Waals surface area contributed by atoms with Gasteiger partial charge in [0.15, 0.2) is 23.1 Å². The molecule has 0 unspecified atom stereocenters. The summed E-state index contributed by atoms with van der Waals surface area (Å²) in [4.78, 5) is 27.1. The molecule has 2 atom stereocenters. The highest BCUT2D eigenvalue weighted by atomic mass is 16.3. The lowest BCUT2D eigenvalue weighted by molar-refractivity contribution is -0.117. The van der Waals surface area contributed by atoms with Crippen molar-refractivity contribution in [1.29, 1.82) is 0 Å². The van der Waals surface area contributed by atoms with E-state index in [0.717, 1.165) is 11.1 Å². The number of hydrogen-bond acceptors (Lipinski definition) is 6. The molecule has 188 valence electrons. The molecule has 0 saturated heterocycles. The molecule has 0 saturated carbocycles. The van der Waals surface area contributed by atoms with Crippen LogP contribution in [0.5, 0.6) is 11.5 Å². The van der Waals surface area contributed by atoms with Gasteiger partial charge in [0.25, 0.3) is 0 Å². The molecular formula is C31H28O6. The van der Waals surface area contributed by atoms with Crippen molar-refractivity contribution < 1.29 is 30.0 Å². The van der Waals surface area contributed by atoms with Crippen LogP contribution in [0.15, 0.2) is 102 Å². The molecule has 3 aromatic carbocycles. The van der Waals surface area contributed by atoms with Gasteiger partial charge >= 0.3 is 0 Å². The van der Waals surface area contributed by atoms with Crippen LogP contribution >= 0.6 is 0 Å². The molecule has 6 nitrogen and oxygen atoms in total. The van der Waals surface area contributed by atoms with Crippen LogP contribution in [0.2, 0.25) is 0 Å². The van der Waals surface area contributed by atoms with Crippen molar-refractivity contribution in [2.45, 2.75) is 43.4 Å². The Kier molecular flexibility index (Phi) is 6.57. The number of aliphatic hydroxyl groups is 2. The largest absolute Gasteiger partial charge is 0.512 e. The lowest BCUT2D eigenvalue weighted by atomic mass is 9.70. The number of carbonyl (C=O) groups is 2. The Hall–Kier alpha value is -4.32. The Labute approximate surface area is 214 Å². The van der Waals surface area contributed by atoms with Crippen LogP contribution in [0.3, 0.4) is 0 Å². The summed E-state index contributed by atoms with van der Waals surface area (Å²) in [5.41, 5.74) is 2.29. The van der Waals surface area contributed by atoms with E-state index < -0.39 is 11.7 Å². The minimum Gasteiger partial charge on any atom is -0.512 e. The van der Waals surface area contributed by atoms with Gasteiger partial charge in [-0.25, -0.2) is 0 Å². The van der Waals surface area contributed by atoms with Crippen molar-refractivity contribution >= 4 is 11.6 Å². The summed E-state index contributed by atoms with van der Waals surface area (Å²) in [7, 11) is 0. The van der Waals surface area contributed by atoms with Gasteiger partial charge in [-0.2, -0.15) is 0 Å². The molecule has 0 heterocycles. The topological polar surface area (TPSA) is 115 Å². The molecule has 0 aromatic heterocycles. The van der Waals surface area contributed by atoms with Crippen molar-refractivity contribution in [1.82, 2.24) is 0 Å². The molecular weight excluding hydrogens is 468 g/mol. The maximum atomic E-state index is 13.6. The summed E-state index contributed by atoms with van der Waals surface area (Å²) >= 11 is 0. The molecule has 0 bridgehead atoms. The van der Waals surface area contributed by atoms with Crippen molar-refractivity contribution in [3.8, 4) is 11.5 Å². The third kappa shape index (κ3) is 4.75. The molecule has 2 aliphatic carbocycles. The van der Waals surface area contributed by atoms with Crippen LogP contribution in [-0.2, 0) is 9.59 Å². The summed E-state index contributed by atoms with van der Waals surface area (Å²) in [6.07, 6.45) is 0.693. The highest BCUT2D eigenvalue weighted by Gasteiger charge is 2.41. The van der Waals surface area contributed by atoms with Gasteiger partial charge in [-0.3, -0.25) is 9.59 Å². The summed E-state index contributed by atoms with van der Waals surface area (Å²) in [5, 5.41) is 42.5. The smallest absolute Gasteiger partial charge is 0.163 e. The van der Waals surface area contributed by atoms with E-state index in [1.165, 1.54) is 18.2 Å². The zero-order valence-corrected chi connectivity index (χ0v) is 20.2. The number of rotatable bonds is 5. The first kappa shape index (κ1) is 24.4. The Balaban J connectivity index is 1.60. The number of aliphatic hydroxyl groups excluding tert-OH is 2. The van der Waals surface area contributed by atoms with Crippen molar-refractivity contribution in [2.24, 2.45) is 0 Å². The van der Waals surface area contributed by atoms with Gasteiger partial charge in [0.1, 0.15) is 11.5 Å². The van der Waals surface area contributed by atoms with E-state index in [9.17, 15) is 30.0 Å². The van der Waals surface area contributed by atoms with Crippen LogP contribution < -0.4 is 0 Å². The van der Waals surface area contributed by atoms with E-state index in [2.05, 4.69) is 0 Å². The molecule has 0 spiro atoms. The van der Waals surface area contributed by atoms with Crippen molar-refractivity contribution in [3.05, 3.63) is 118 Å². The number of phenols is 2. The van der Waals surface area contributed by atoms with E-state index in [-0.39, 0.29) is 77.5 Å². The van der Waals surface area contributed by atoms with Gasteiger partial charge in [-0.1, -0.05) is 66.7 Å². The molecule has 2 aliphatic rings. The first-order valence-corrected chi connectivity index (χ1v) is 12.4. The first-order valence-electron chi connectivity index (χ1n) is 12.4. The SMILES string of the molecule is O=C1C[C@H](c2ccccc2)CC(O)=C1C(C1=C(O)C[C@@H](c2ccccc2)CC1=O)c1ccc(O)c(O)c1. The van der Waals surface area contributed by atoms with Gasteiger partial charge in [0.2, 0.25) is 0 Å². The summed E-state index contributed by atoms with van der Waals surface area (Å²) in [6, 6.07) is 23.0. The number of phenolic OH excluding ortho intramolecular Hbond substituents is 2. The second kappa shape index (κ2) is 9.97. The van der Waals surface area contributed by atoms with Gasteiger partial charge in [-0.05, 0) is 40.7 Å². The molecule has 3 aromatic rings. The number of hydrogen-bond donors (Lipinski definition) is 4. The number of carbonyl (C=O) groups excluding carboxylic acids is 2. The zero-order valence-electron chi connectivity index (χ0n) is 20.2. The molecule has 6 heteroatoms. The second-order valence-electron chi connectivity index (χ2n) is 9.78. The number of allylic oxidation sites excluding steroid dienone is 4. The van der Waals surface area contributed by atoms with Crippen molar-refractivity contribution in [3.63, 3.8) is 0 Å². The lowest BCUT2D eigenvalue weighted by Gasteiger charge is -2.33. The summed E-state index contributed by atoms with van der Waals surface area (Å²) in [6.45, 7) is 0. The Morgan fingerprint density at radius 3 is 1.43 bits per heavy atom. The second-order valence-corrected chi connectivity index (χ2v) is 9.78. The van der Waals surface area contributed by atoms with Crippen LogP contribution in [0.4, 0.5) is 0 Å². The minimum absolute atomic E-state index is 0.0466. The normalized spacial score (nSPS) is 20.6. The van der Waals surface area contributed by atoms with Crippen LogP contribution in [0, 0.1) is 0 Å². The Morgan fingerprint density at radius 1 is 0.568 bits per heavy atom.